The Kier molecular flexibility index (Phi) is 1.84. The van der Waals surface area contributed by atoms with Crippen LogP contribution in [-0.2, 0) is 6.42 Å². The Morgan fingerprint density at radius 1 is 1.67 bits per heavy atom. The molecule has 1 aromatic heterocycles. The molecule has 0 spiro atoms. The largest absolute Gasteiger partial charge is 0.351 e. The number of hydrogen-bond donors (Lipinski definition) is 1. The van der Waals surface area contributed by atoms with E-state index in [1.807, 2.05) is 6.92 Å². The summed E-state index contributed by atoms with van der Waals surface area (Å²) in [4.78, 5) is 18.3. The van der Waals surface area contributed by atoms with Gasteiger partial charge in [-0.05, 0) is 6.42 Å². The molecule has 1 saturated heterocycles. The second-order valence-electron chi connectivity index (χ2n) is 3.26. The van der Waals surface area contributed by atoms with Crippen LogP contribution in [0.4, 0.5) is 0 Å². The fraction of sp³-hybridized carbons (Fsp3) is 0.500. The summed E-state index contributed by atoms with van der Waals surface area (Å²) in [7, 11) is -0.716. The smallest absolute Gasteiger partial charge is 0.272 e. The van der Waals surface area contributed by atoms with Crippen LogP contribution < -0.4 is 11.0 Å². The van der Waals surface area contributed by atoms with Gasteiger partial charge in [0.05, 0.1) is 5.45 Å². The third-order valence-corrected chi connectivity index (χ3v) is 4.36. The van der Waals surface area contributed by atoms with Crippen LogP contribution in [0.3, 0.4) is 0 Å². The minimum atomic E-state index is -0.716. The molecule has 3 nitrogen and oxygen atoms in total. The monoisotopic (exact) mass is 180 g/mol. The van der Waals surface area contributed by atoms with E-state index in [1.165, 1.54) is 12.1 Å². The van der Waals surface area contributed by atoms with Gasteiger partial charge in [-0.3, -0.25) is 4.79 Å². The molecule has 2 rings (SSSR count). The van der Waals surface area contributed by atoms with Gasteiger partial charge in [-0.1, -0.05) is 19.0 Å². The van der Waals surface area contributed by atoms with Gasteiger partial charge in [-0.25, -0.2) is 4.98 Å². The first-order valence-electron chi connectivity index (χ1n) is 4.39. The first-order valence-corrected chi connectivity index (χ1v) is 6.60. The molecule has 0 aliphatic carbocycles. The summed E-state index contributed by atoms with van der Waals surface area (Å²) in [6.07, 6.45) is 0.895. The average molecular weight is 180 g/mol. The van der Waals surface area contributed by atoms with E-state index in [4.69, 9.17) is 0 Å². The number of H-pyrrole nitrogens is 1. The molecule has 1 N–H and O–H groups in total. The van der Waals surface area contributed by atoms with E-state index in [0.717, 1.165) is 17.6 Å². The SMILES string of the molecule is CCc1cc(=O)nc([SiH]2CC2)[nH]1. The molecule has 1 aromatic rings. The van der Waals surface area contributed by atoms with Crippen LogP contribution in [-0.4, -0.2) is 18.8 Å². The Labute approximate surface area is 72.5 Å². The Hall–Kier alpha value is -0.903. The summed E-state index contributed by atoms with van der Waals surface area (Å²) in [6, 6.07) is 4.23. The molecule has 12 heavy (non-hydrogen) atoms. The predicted octanol–water partition coefficient (Wildman–Crippen LogP) is -0.220. The van der Waals surface area contributed by atoms with E-state index in [-0.39, 0.29) is 5.56 Å². The second-order valence-corrected chi connectivity index (χ2v) is 6.35. The number of aromatic nitrogens is 2. The van der Waals surface area contributed by atoms with E-state index in [0.29, 0.717) is 0 Å². The highest BCUT2D eigenvalue weighted by Gasteiger charge is 2.28. The highest BCUT2D eigenvalue weighted by Crippen LogP contribution is 2.18. The lowest BCUT2D eigenvalue weighted by molar-refractivity contribution is 1.01. The van der Waals surface area contributed by atoms with Gasteiger partial charge in [0.25, 0.3) is 5.56 Å². The van der Waals surface area contributed by atoms with Gasteiger partial charge in [0.15, 0.2) is 0 Å². The molecule has 0 aromatic carbocycles. The van der Waals surface area contributed by atoms with Gasteiger partial charge in [0, 0.05) is 11.8 Å². The molecule has 1 fully saturated rings. The second kappa shape index (κ2) is 2.86. The van der Waals surface area contributed by atoms with Crippen molar-refractivity contribution in [3.63, 3.8) is 0 Å². The maximum absolute atomic E-state index is 11.1. The van der Waals surface area contributed by atoms with Crippen molar-refractivity contribution in [1.82, 2.24) is 9.97 Å². The lowest BCUT2D eigenvalue weighted by Gasteiger charge is -1.99. The Balaban J connectivity index is 2.41. The molecule has 1 aliphatic rings. The van der Waals surface area contributed by atoms with E-state index in [2.05, 4.69) is 9.97 Å². The van der Waals surface area contributed by atoms with E-state index in [1.54, 1.807) is 6.07 Å². The Bertz CT molecular complexity index is 343. The van der Waals surface area contributed by atoms with Crippen molar-refractivity contribution in [2.75, 3.05) is 0 Å². The molecule has 4 heteroatoms. The van der Waals surface area contributed by atoms with E-state index in [9.17, 15) is 4.79 Å². The number of hydrogen-bond acceptors (Lipinski definition) is 2. The van der Waals surface area contributed by atoms with Crippen molar-refractivity contribution < 1.29 is 0 Å². The lowest BCUT2D eigenvalue weighted by Crippen LogP contribution is -2.31. The average Bonchev–Trinajstić information content (AvgIpc) is 2.85. The fourth-order valence-electron chi connectivity index (χ4n) is 1.27. The first kappa shape index (κ1) is 7.73. The van der Waals surface area contributed by atoms with E-state index >= 15 is 0 Å². The van der Waals surface area contributed by atoms with Crippen molar-refractivity contribution in [2.24, 2.45) is 0 Å². The van der Waals surface area contributed by atoms with Gasteiger partial charge >= 0.3 is 0 Å². The molecule has 0 unspecified atom stereocenters. The number of rotatable bonds is 2. The van der Waals surface area contributed by atoms with Gasteiger partial charge < -0.3 is 4.98 Å². The van der Waals surface area contributed by atoms with Crippen LogP contribution in [0.2, 0.25) is 12.1 Å². The van der Waals surface area contributed by atoms with Gasteiger partial charge in [-0.2, -0.15) is 0 Å². The van der Waals surface area contributed by atoms with Crippen LogP contribution in [0.5, 0.6) is 0 Å². The molecule has 64 valence electrons. The predicted molar refractivity (Wildman–Crippen MR) is 50.6 cm³/mol. The summed E-state index contributed by atoms with van der Waals surface area (Å²) >= 11 is 0. The highest BCUT2D eigenvalue weighted by molar-refractivity contribution is 6.80. The topological polar surface area (TPSA) is 45.8 Å². The first-order chi connectivity index (χ1) is 5.79. The third kappa shape index (κ3) is 1.48. The van der Waals surface area contributed by atoms with Crippen LogP contribution in [0, 0.1) is 0 Å². The number of aromatic amines is 1. The minimum absolute atomic E-state index is 0.0694. The number of aryl methyl sites for hydroxylation is 1. The van der Waals surface area contributed by atoms with Crippen molar-refractivity contribution in [1.29, 1.82) is 0 Å². The summed E-state index contributed by atoms with van der Waals surface area (Å²) in [5.41, 5.74) is 1.99. The maximum atomic E-state index is 11.1. The molecule has 0 bridgehead atoms. The third-order valence-electron chi connectivity index (χ3n) is 2.16. The van der Waals surface area contributed by atoms with Gasteiger partial charge in [0.1, 0.15) is 8.80 Å². The Morgan fingerprint density at radius 2 is 2.42 bits per heavy atom. The van der Waals surface area contributed by atoms with Crippen LogP contribution in [0.25, 0.3) is 0 Å². The number of nitrogens with zero attached hydrogens (tertiary/aromatic N) is 1. The molecule has 2 heterocycles. The summed E-state index contributed by atoms with van der Waals surface area (Å²) in [6.45, 7) is 2.05. The molecule has 0 radical (unpaired) electrons. The summed E-state index contributed by atoms with van der Waals surface area (Å²) in [5.74, 6) is 0. The molecular weight excluding hydrogens is 168 g/mol. The number of nitrogens with one attached hydrogen (secondary N) is 1. The normalized spacial score (nSPS) is 16.4. The highest BCUT2D eigenvalue weighted by atomic mass is 28.3. The summed E-state index contributed by atoms with van der Waals surface area (Å²) in [5, 5.41) is 0. The van der Waals surface area contributed by atoms with E-state index < -0.39 is 8.80 Å². The lowest BCUT2D eigenvalue weighted by atomic mass is 10.3. The van der Waals surface area contributed by atoms with Gasteiger partial charge in [-0.15, -0.1) is 0 Å². The zero-order valence-electron chi connectivity index (χ0n) is 7.13. The fourth-order valence-corrected chi connectivity index (χ4v) is 3.18. The van der Waals surface area contributed by atoms with Crippen molar-refractivity contribution >= 4 is 14.2 Å². The van der Waals surface area contributed by atoms with Gasteiger partial charge in [0.2, 0.25) is 0 Å². The van der Waals surface area contributed by atoms with Crippen molar-refractivity contribution in [2.45, 2.75) is 25.4 Å². The van der Waals surface area contributed by atoms with Crippen LogP contribution >= 0.6 is 0 Å². The van der Waals surface area contributed by atoms with Crippen molar-refractivity contribution in [3.05, 3.63) is 22.1 Å². The minimum Gasteiger partial charge on any atom is -0.351 e. The molecule has 0 amide bonds. The molecule has 0 atom stereocenters. The standard InChI is InChI=1S/C8H12N2OSi/c1-2-6-5-7(11)10-8(9-6)12-3-4-12/h5,12H,2-4H2,1H3,(H,9,10,11). The summed E-state index contributed by atoms with van der Waals surface area (Å²) < 4.78 is 0. The quantitative estimate of drug-likeness (QED) is 0.640. The van der Waals surface area contributed by atoms with Crippen LogP contribution in [0.15, 0.2) is 10.9 Å². The molecule has 0 saturated carbocycles. The maximum Gasteiger partial charge on any atom is 0.272 e. The van der Waals surface area contributed by atoms with Crippen LogP contribution in [0.1, 0.15) is 12.6 Å². The zero-order valence-corrected chi connectivity index (χ0v) is 8.29. The zero-order chi connectivity index (χ0) is 8.55. The van der Waals surface area contributed by atoms with Crippen molar-refractivity contribution in [3.8, 4) is 0 Å². The molecule has 1 aliphatic heterocycles. The molecular formula is C8H12N2OSi. The Morgan fingerprint density at radius 3 is 3.00 bits per heavy atom.